The molecule has 0 radical (unpaired) electrons. The van der Waals surface area contributed by atoms with Gasteiger partial charge < -0.3 is 33.7 Å². The van der Waals surface area contributed by atoms with E-state index in [0.717, 1.165) is 64.6 Å². The van der Waals surface area contributed by atoms with Gasteiger partial charge in [0.1, 0.15) is 0 Å². The SMILES string of the molecule is N=C(N)CCCCCN.NCCC1=CCCCC1.NCCc1c[nH]c2ccccc12.NCCc1ccsc1. The van der Waals surface area contributed by atoms with Crippen LogP contribution in [0.15, 0.2) is 58.9 Å². The van der Waals surface area contributed by atoms with E-state index in [2.05, 4.69) is 46.1 Å². The molecule has 1 aromatic carbocycles. The highest BCUT2D eigenvalue weighted by molar-refractivity contribution is 7.07. The van der Waals surface area contributed by atoms with E-state index in [4.69, 9.17) is 34.1 Å². The van der Waals surface area contributed by atoms with E-state index in [0.29, 0.717) is 6.54 Å². The van der Waals surface area contributed by atoms with E-state index in [1.807, 2.05) is 12.3 Å². The number of unbranched alkanes of at least 4 members (excludes halogenated alkanes) is 2. The molecule has 2 aromatic heterocycles. The molecule has 4 rings (SSSR count). The van der Waals surface area contributed by atoms with Crippen LogP contribution in [-0.4, -0.2) is 37.0 Å². The molecule has 0 fully saturated rings. The van der Waals surface area contributed by atoms with Gasteiger partial charge in [-0.15, -0.1) is 0 Å². The average Bonchev–Trinajstić information content (AvgIpc) is 3.60. The van der Waals surface area contributed by atoms with Crippen LogP contribution in [0.1, 0.15) is 68.9 Å². The van der Waals surface area contributed by atoms with Crippen LogP contribution >= 0.6 is 11.3 Å². The van der Waals surface area contributed by atoms with Gasteiger partial charge in [-0.05, 0) is 118 Å². The molecule has 0 atom stereocenters. The average molecular weight is 542 g/mol. The molecule has 2 heterocycles. The van der Waals surface area contributed by atoms with Gasteiger partial charge in [-0.1, -0.05) is 36.3 Å². The van der Waals surface area contributed by atoms with E-state index < -0.39 is 0 Å². The number of nitrogens with one attached hydrogen (secondary N) is 2. The zero-order valence-corrected chi connectivity index (χ0v) is 23.9. The molecule has 7 nitrogen and oxygen atoms in total. The van der Waals surface area contributed by atoms with Crippen LogP contribution in [0.25, 0.3) is 10.9 Å². The number of benzene rings is 1. The smallest absolute Gasteiger partial charge is 0.0905 e. The maximum Gasteiger partial charge on any atom is 0.0905 e. The molecule has 1 aliphatic carbocycles. The lowest BCUT2D eigenvalue weighted by Crippen LogP contribution is -2.08. The van der Waals surface area contributed by atoms with Crippen LogP contribution in [0.3, 0.4) is 0 Å². The van der Waals surface area contributed by atoms with Gasteiger partial charge in [-0.25, -0.2) is 0 Å². The number of para-hydroxylation sites is 1. The Morgan fingerprint density at radius 3 is 2.24 bits per heavy atom. The molecular weight excluding hydrogens is 490 g/mol. The van der Waals surface area contributed by atoms with Crippen molar-refractivity contribution < 1.29 is 0 Å². The minimum Gasteiger partial charge on any atom is -0.388 e. The van der Waals surface area contributed by atoms with Gasteiger partial charge in [0.15, 0.2) is 0 Å². The van der Waals surface area contributed by atoms with Gasteiger partial charge in [-0.2, -0.15) is 11.3 Å². The van der Waals surface area contributed by atoms with Gasteiger partial charge in [0.2, 0.25) is 0 Å². The first-order valence-electron chi connectivity index (χ1n) is 13.9. The minimum absolute atomic E-state index is 0.284. The maximum absolute atomic E-state index is 6.88. The predicted octanol–water partition coefficient (Wildman–Crippen LogP) is 5.20. The van der Waals surface area contributed by atoms with Crippen molar-refractivity contribution in [3.05, 3.63) is 70.1 Å². The lowest BCUT2D eigenvalue weighted by molar-refractivity contribution is 0.676. The summed E-state index contributed by atoms with van der Waals surface area (Å²) in [5.41, 5.74) is 32.1. The first kappa shape index (κ1) is 33.5. The zero-order valence-electron chi connectivity index (χ0n) is 23.1. The van der Waals surface area contributed by atoms with Crippen molar-refractivity contribution >= 4 is 28.1 Å². The summed E-state index contributed by atoms with van der Waals surface area (Å²) in [6.45, 7) is 3.04. The normalized spacial score (nSPS) is 12.3. The van der Waals surface area contributed by atoms with Crippen molar-refractivity contribution in [3.63, 3.8) is 0 Å². The first-order chi connectivity index (χ1) is 18.5. The van der Waals surface area contributed by atoms with Crippen LogP contribution < -0.4 is 28.7 Å². The monoisotopic (exact) mass is 541 g/mol. The van der Waals surface area contributed by atoms with E-state index >= 15 is 0 Å². The standard InChI is InChI=1S/C10H12N2.C8H15N.C6H15N3.C6H9NS/c11-6-5-8-7-12-10-4-2-1-3-9(8)10;9-7-6-8-4-2-1-3-5-8;7-5-3-1-2-4-6(8)9;7-3-1-6-2-4-8-5-6/h1-4,7,12H,5-6,11H2;4H,1-3,5-7,9H2;1-5,7H2,(H3,8,9);2,4-5H,1,3,7H2. The number of allylic oxidation sites excluding steroid dienone is 1. The predicted molar refractivity (Wildman–Crippen MR) is 168 cm³/mol. The van der Waals surface area contributed by atoms with Crippen molar-refractivity contribution in [2.75, 3.05) is 26.2 Å². The summed E-state index contributed by atoms with van der Waals surface area (Å²) < 4.78 is 0. The second kappa shape index (κ2) is 22.5. The number of fused-ring (bicyclic) bond motifs is 1. The molecule has 212 valence electrons. The molecule has 0 bridgehead atoms. The second-order valence-electron chi connectivity index (χ2n) is 9.34. The van der Waals surface area contributed by atoms with Crippen molar-refractivity contribution in [2.24, 2.45) is 28.7 Å². The molecule has 0 aliphatic heterocycles. The van der Waals surface area contributed by atoms with Gasteiger partial charge in [0.05, 0.1) is 5.84 Å². The fraction of sp³-hybridized carbons (Fsp3) is 0.500. The first-order valence-corrected chi connectivity index (χ1v) is 14.9. The number of rotatable bonds is 11. The Morgan fingerprint density at radius 2 is 1.63 bits per heavy atom. The highest BCUT2D eigenvalue weighted by Gasteiger charge is 2.01. The summed E-state index contributed by atoms with van der Waals surface area (Å²) in [4.78, 5) is 3.22. The Morgan fingerprint density at radius 1 is 0.868 bits per heavy atom. The van der Waals surface area contributed by atoms with E-state index in [1.54, 1.807) is 16.9 Å². The topological polar surface area (TPSA) is 170 Å². The third kappa shape index (κ3) is 15.7. The van der Waals surface area contributed by atoms with Crippen LogP contribution in [-0.2, 0) is 12.8 Å². The molecular formula is C30H51N7S. The molecule has 0 saturated carbocycles. The Balaban J connectivity index is 0.000000257. The summed E-state index contributed by atoms with van der Waals surface area (Å²) in [5.74, 6) is 0.284. The Kier molecular flexibility index (Phi) is 19.8. The van der Waals surface area contributed by atoms with Crippen molar-refractivity contribution in [2.45, 2.75) is 70.6 Å². The summed E-state index contributed by atoms with van der Waals surface area (Å²) in [6, 6.07) is 10.4. The van der Waals surface area contributed by atoms with Crippen molar-refractivity contribution in [3.8, 4) is 0 Å². The molecule has 0 saturated heterocycles. The molecule has 1 aliphatic rings. The highest BCUT2D eigenvalue weighted by atomic mass is 32.1. The number of hydrogen-bond donors (Lipinski definition) is 7. The summed E-state index contributed by atoms with van der Waals surface area (Å²) in [7, 11) is 0. The van der Waals surface area contributed by atoms with Crippen LogP contribution in [0.2, 0.25) is 0 Å². The molecule has 8 heteroatoms. The summed E-state index contributed by atoms with van der Waals surface area (Å²) in [5, 5.41) is 12.4. The molecule has 38 heavy (non-hydrogen) atoms. The second-order valence-corrected chi connectivity index (χ2v) is 10.1. The quantitative estimate of drug-likeness (QED) is 0.0765. The van der Waals surface area contributed by atoms with Crippen LogP contribution in [0.4, 0.5) is 0 Å². The van der Waals surface area contributed by atoms with Crippen molar-refractivity contribution in [1.82, 2.24) is 4.98 Å². The number of aromatic nitrogens is 1. The van der Waals surface area contributed by atoms with Gasteiger partial charge in [0.25, 0.3) is 0 Å². The number of hydrogen-bond acceptors (Lipinski definition) is 6. The summed E-state index contributed by atoms with van der Waals surface area (Å²) >= 11 is 1.72. The lowest BCUT2D eigenvalue weighted by Gasteiger charge is -2.10. The van der Waals surface area contributed by atoms with Crippen LogP contribution in [0, 0.1) is 5.41 Å². The highest BCUT2D eigenvalue weighted by Crippen LogP contribution is 2.19. The van der Waals surface area contributed by atoms with Crippen molar-refractivity contribution in [1.29, 1.82) is 5.41 Å². The van der Waals surface area contributed by atoms with Gasteiger partial charge in [-0.3, -0.25) is 5.41 Å². The fourth-order valence-corrected chi connectivity index (χ4v) is 4.75. The molecule has 3 aromatic rings. The summed E-state index contributed by atoms with van der Waals surface area (Å²) in [6.07, 6.45) is 16.7. The van der Waals surface area contributed by atoms with E-state index in [9.17, 15) is 0 Å². The molecule has 0 amide bonds. The zero-order chi connectivity index (χ0) is 27.8. The Labute approximate surface area is 233 Å². The largest absolute Gasteiger partial charge is 0.388 e. The van der Waals surface area contributed by atoms with E-state index in [1.165, 1.54) is 47.7 Å². The Bertz CT molecular complexity index is 995. The number of thiophene rings is 1. The van der Waals surface area contributed by atoms with E-state index in [-0.39, 0.29) is 5.84 Å². The molecule has 12 N–H and O–H groups in total. The maximum atomic E-state index is 6.88. The fourth-order valence-electron chi connectivity index (χ4n) is 4.05. The number of H-pyrrole nitrogens is 1. The molecule has 0 spiro atoms. The third-order valence-corrected chi connectivity index (χ3v) is 6.83. The Hall–Kier alpha value is -2.49. The van der Waals surface area contributed by atoms with Crippen LogP contribution in [0.5, 0.6) is 0 Å². The molecule has 0 unspecified atom stereocenters. The third-order valence-electron chi connectivity index (χ3n) is 6.10. The lowest BCUT2D eigenvalue weighted by atomic mass is 9.97. The van der Waals surface area contributed by atoms with Gasteiger partial charge >= 0.3 is 0 Å². The minimum atomic E-state index is 0.284. The number of amidine groups is 1. The number of aromatic amines is 1. The number of nitrogens with two attached hydrogens (primary N) is 5. The van der Waals surface area contributed by atoms with Gasteiger partial charge in [0, 0.05) is 23.5 Å².